The molecule has 0 aromatic heterocycles. The number of hydrogen-bond acceptors (Lipinski definition) is 2. The van der Waals surface area contributed by atoms with Gasteiger partial charge in [0.25, 0.3) is 0 Å². The van der Waals surface area contributed by atoms with Crippen LogP contribution in [0.4, 0.5) is 0 Å². The molecule has 0 unspecified atom stereocenters. The molecule has 0 radical (unpaired) electrons. The van der Waals surface area contributed by atoms with E-state index in [1.807, 2.05) is 6.08 Å². The minimum absolute atomic E-state index is 0.220. The molecule has 2 aliphatic carbocycles. The Morgan fingerprint density at radius 2 is 2.18 bits per heavy atom. The first-order valence-corrected chi connectivity index (χ1v) is 6.64. The van der Waals surface area contributed by atoms with Crippen molar-refractivity contribution in [2.24, 2.45) is 11.8 Å². The minimum atomic E-state index is -0.240. The van der Waals surface area contributed by atoms with E-state index in [0.29, 0.717) is 18.1 Å². The molecule has 2 aliphatic rings. The highest BCUT2D eigenvalue weighted by atomic mass is 16.5. The smallest absolute Gasteiger partial charge is 0.165 e. The Morgan fingerprint density at radius 1 is 1.41 bits per heavy atom. The molecule has 0 saturated heterocycles. The molecule has 2 nitrogen and oxygen atoms in total. The predicted octanol–water partition coefficient (Wildman–Crippen LogP) is 3.28. The molecule has 17 heavy (non-hydrogen) atoms. The van der Waals surface area contributed by atoms with Crippen molar-refractivity contribution in [3.8, 4) is 0 Å². The van der Waals surface area contributed by atoms with Crippen LogP contribution in [0.2, 0.25) is 0 Å². The molecule has 3 atom stereocenters. The van der Waals surface area contributed by atoms with Crippen molar-refractivity contribution in [3.63, 3.8) is 0 Å². The fourth-order valence-corrected chi connectivity index (χ4v) is 3.21. The number of ether oxygens (including phenoxy) is 1. The van der Waals surface area contributed by atoms with Gasteiger partial charge in [0.1, 0.15) is 6.10 Å². The molecule has 94 valence electrons. The van der Waals surface area contributed by atoms with Gasteiger partial charge in [-0.05, 0) is 31.6 Å². The van der Waals surface area contributed by atoms with Gasteiger partial charge in [-0.3, -0.25) is 4.79 Å². The van der Waals surface area contributed by atoms with E-state index in [4.69, 9.17) is 4.74 Å². The molecule has 0 heterocycles. The molecular weight excluding hydrogens is 212 g/mol. The summed E-state index contributed by atoms with van der Waals surface area (Å²) in [5, 5.41) is 0. The lowest BCUT2D eigenvalue weighted by molar-refractivity contribution is -0.135. The van der Waals surface area contributed by atoms with Crippen LogP contribution in [0.5, 0.6) is 0 Å². The maximum absolute atomic E-state index is 12.4. The van der Waals surface area contributed by atoms with Crippen molar-refractivity contribution in [1.82, 2.24) is 0 Å². The van der Waals surface area contributed by atoms with E-state index in [-0.39, 0.29) is 12.0 Å². The van der Waals surface area contributed by atoms with Crippen LogP contribution in [0.1, 0.15) is 38.5 Å². The summed E-state index contributed by atoms with van der Waals surface area (Å²) in [6.45, 7) is 3.87. The third-order valence-electron chi connectivity index (χ3n) is 4.23. The highest BCUT2D eigenvalue weighted by Crippen LogP contribution is 2.37. The Balaban J connectivity index is 2.24. The molecule has 1 fully saturated rings. The van der Waals surface area contributed by atoms with Crippen molar-refractivity contribution in [2.75, 3.05) is 7.11 Å². The van der Waals surface area contributed by atoms with E-state index in [1.165, 1.54) is 24.8 Å². The zero-order chi connectivity index (χ0) is 12.3. The number of fused-ring (bicyclic) bond motifs is 1. The number of ketones is 1. The largest absolute Gasteiger partial charge is 0.373 e. The van der Waals surface area contributed by atoms with Gasteiger partial charge < -0.3 is 4.74 Å². The van der Waals surface area contributed by atoms with Crippen molar-refractivity contribution in [3.05, 3.63) is 24.3 Å². The van der Waals surface area contributed by atoms with E-state index >= 15 is 0 Å². The number of carbonyl (C=O) groups excluding carboxylic acids is 1. The molecule has 0 N–H and O–H groups in total. The number of allylic oxidation sites excluding steroid dienone is 2. The Morgan fingerprint density at radius 3 is 2.88 bits per heavy atom. The first-order valence-electron chi connectivity index (χ1n) is 6.64. The zero-order valence-electron chi connectivity index (χ0n) is 10.7. The van der Waals surface area contributed by atoms with Crippen molar-refractivity contribution < 1.29 is 9.53 Å². The molecule has 1 saturated carbocycles. The predicted molar refractivity (Wildman–Crippen MR) is 68.8 cm³/mol. The van der Waals surface area contributed by atoms with Gasteiger partial charge in [0, 0.05) is 13.0 Å². The lowest BCUT2D eigenvalue weighted by Gasteiger charge is -2.34. The van der Waals surface area contributed by atoms with Gasteiger partial charge in [-0.1, -0.05) is 37.1 Å². The summed E-state index contributed by atoms with van der Waals surface area (Å²) in [6.07, 6.45) is 10.2. The normalized spacial score (nSPS) is 37.4. The molecule has 2 rings (SSSR count). The Bertz CT molecular complexity index is 330. The van der Waals surface area contributed by atoms with E-state index in [9.17, 15) is 4.79 Å². The lowest BCUT2D eigenvalue weighted by atomic mass is 9.71. The molecule has 0 bridgehead atoms. The van der Waals surface area contributed by atoms with Crippen LogP contribution in [0.25, 0.3) is 0 Å². The van der Waals surface area contributed by atoms with Crippen LogP contribution in [0.3, 0.4) is 0 Å². The van der Waals surface area contributed by atoms with Gasteiger partial charge in [-0.25, -0.2) is 0 Å². The average molecular weight is 234 g/mol. The maximum atomic E-state index is 12.4. The number of hydrogen-bond donors (Lipinski definition) is 0. The number of methoxy groups -OCH3 is 1. The summed E-state index contributed by atoms with van der Waals surface area (Å²) in [4.78, 5) is 12.4. The van der Waals surface area contributed by atoms with Crippen molar-refractivity contribution in [2.45, 2.75) is 44.6 Å². The Kier molecular flexibility index (Phi) is 4.16. The van der Waals surface area contributed by atoms with Gasteiger partial charge in [-0.2, -0.15) is 0 Å². The average Bonchev–Trinajstić information content (AvgIpc) is 2.36. The summed E-state index contributed by atoms with van der Waals surface area (Å²) in [5.74, 6) is 1.06. The van der Waals surface area contributed by atoms with Gasteiger partial charge in [-0.15, -0.1) is 0 Å². The minimum Gasteiger partial charge on any atom is -0.373 e. The van der Waals surface area contributed by atoms with Gasteiger partial charge in [0.05, 0.1) is 0 Å². The molecular formula is C15H22O2. The van der Waals surface area contributed by atoms with Crippen LogP contribution in [-0.2, 0) is 9.53 Å². The summed E-state index contributed by atoms with van der Waals surface area (Å²) >= 11 is 0. The third kappa shape index (κ3) is 2.68. The fraction of sp³-hybridized carbons (Fsp3) is 0.667. The molecule has 0 spiro atoms. The van der Waals surface area contributed by atoms with Crippen LogP contribution in [-0.4, -0.2) is 19.0 Å². The quantitative estimate of drug-likeness (QED) is 0.733. The summed E-state index contributed by atoms with van der Waals surface area (Å²) < 4.78 is 5.35. The van der Waals surface area contributed by atoms with Gasteiger partial charge >= 0.3 is 0 Å². The second kappa shape index (κ2) is 5.63. The molecule has 0 aromatic rings. The second-order valence-electron chi connectivity index (χ2n) is 5.20. The fourth-order valence-electron chi connectivity index (χ4n) is 3.21. The molecule has 0 aromatic carbocycles. The van der Waals surface area contributed by atoms with Crippen LogP contribution >= 0.6 is 0 Å². The first-order chi connectivity index (χ1) is 8.26. The van der Waals surface area contributed by atoms with Gasteiger partial charge in [0.15, 0.2) is 5.78 Å². The third-order valence-corrected chi connectivity index (χ3v) is 4.23. The second-order valence-corrected chi connectivity index (χ2v) is 5.20. The monoisotopic (exact) mass is 234 g/mol. The van der Waals surface area contributed by atoms with Crippen LogP contribution in [0.15, 0.2) is 24.3 Å². The number of rotatable bonds is 2. The highest BCUT2D eigenvalue weighted by Gasteiger charge is 2.35. The summed E-state index contributed by atoms with van der Waals surface area (Å²) in [7, 11) is 1.64. The lowest BCUT2D eigenvalue weighted by Crippen LogP contribution is -2.37. The number of carbonyl (C=O) groups is 1. The summed E-state index contributed by atoms with van der Waals surface area (Å²) in [5.41, 5.74) is 1.29. The van der Waals surface area contributed by atoms with Gasteiger partial charge in [0.2, 0.25) is 0 Å². The standard InChI is InChI=1S/C15H22O2/c1-3-11-8-9-14(17-2)15(16)13-7-5-4-6-12(13)10-11/h3,8,12-14H,1,4-7,9-10H2,2H3/b11-8-/t12-,13-,14-/m1/s1. The van der Waals surface area contributed by atoms with Crippen LogP contribution < -0.4 is 0 Å². The van der Waals surface area contributed by atoms with E-state index < -0.39 is 0 Å². The van der Waals surface area contributed by atoms with Crippen LogP contribution in [0, 0.1) is 11.8 Å². The molecule has 0 aliphatic heterocycles. The van der Waals surface area contributed by atoms with E-state index in [2.05, 4.69) is 12.7 Å². The van der Waals surface area contributed by atoms with E-state index in [0.717, 1.165) is 12.8 Å². The highest BCUT2D eigenvalue weighted by molar-refractivity contribution is 5.86. The van der Waals surface area contributed by atoms with Crippen molar-refractivity contribution >= 4 is 5.78 Å². The maximum Gasteiger partial charge on any atom is 0.165 e. The van der Waals surface area contributed by atoms with E-state index in [1.54, 1.807) is 7.11 Å². The zero-order valence-corrected chi connectivity index (χ0v) is 10.7. The first kappa shape index (κ1) is 12.6. The summed E-state index contributed by atoms with van der Waals surface area (Å²) in [6, 6.07) is 0. The SMILES string of the molecule is C=C/C1=C/C[C@@H](OC)C(=O)[C@@H]2CCCC[C@@H]2C1. The molecule has 2 heteroatoms. The Labute approximate surface area is 104 Å². The topological polar surface area (TPSA) is 26.3 Å². The molecule has 0 amide bonds. The van der Waals surface area contributed by atoms with Crippen molar-refractivity contribution in [1.29, 1.82) is 0 Å². The Hall–Kier alpha value is -0.890. The number of Topliss-reactive ketones (excluding diaryl/α,β-unsaturated/α-hetero) is 1.